The van der Waals surface area contributed by atoms with Crippen LogP contribution >= 0.6 is 11.8 Å². The van der Waals surface area contributed by atoms with Gasteiger partial charge in [-0.1, -0.05) is 91.0 Å². The fourth-order valence-corrected chi connectivity index (χ4v) is 9.82. The van der Waals surface area contributed by atoms with Crippen molar-refractivity contribution in [3.8, 4) is 22.3 Å². The van der Waals surface area contributed by atoms with Gasteiger partial charge in [0.05, 0.1) is 0 Å². The third kappa shape index (κ3) is 3.51. The highest BCUT2D eigenvalue weighted by atomic mass is 32.2. The Morgan fingerprint density at radius 2 is 1.02 bits per heavy atom. The normalized spacial score (nSPS) is 13.4. The minimum Gasteiger partial charge on any atom is -0.456 e. The average Bonchev–Trinajstić information content (AvgIpc) is 3.95. The SMILES string of the molecule is c1ccc2c(c1)oc1ccc3oc4c(-c5c6ccccc6c(-c6ccc7c(c6)oc6ccc8c(c67)CCS8)c6ccccc56)cccc4c3c12. The van der Waals surface area contributed by atoms with Gasteiger partial charge in [-0.2, -0.15) is 0 Å². The molecule has 50 heavy (non-hydrogen) atoms. The van der Waals surface area contributed by atoms with Crippen LogP contribution in [-0.4, -0.2) is 5.75 Å². The summed E-state index contributed by atoms with van der Waals surface area (Å²) in [4.78, 5) is 1.39. The zero-order valence-corrected chi connectivity index (χ0v) is 27.6. The molecular weight excluding hydrogens is 633 g/mol. The summed E-state index contributed by atoms with van der Waals surface area (Å²) in [6.07, 6.45) is 1.09. The summed E-state index contributed by atoms with van der Waals surface area (Å²) in [7, 11) is 0. The number of fused-ring (bicyclic) bond motifs is 14. The highest BCUT2D eigenvalue weighted by Crippen LogP contribution is 2.49. The molecule has 4 heteroatoms. The quantitative estimate of drug-likeness (QED) is 0.173. The molecule has 0 atom stereocenters. The highest BCUT2D eigenvalue weighted by molar-refractivity contribution is 7.99. The van der Waals surface area contributed by atoms with Crippen LogP contribution in [0.25, 0.3) is 110 Å². The highest BCUT2D eigenvalue weighted by Gasteiger charge is 2.24. The summed E-state index contributed by atoms with van der Waals surface area (Å²) in [5.74, 6) is 1.13. The monoisotopic (exact) mass is 658 g/mol. The molecule has 1 aliphatic rings. The molecule has 12 rings (SSSR count). The van der Waals surface area contributed by atoms with Crippen LogP contribution in [0.3, 0.4) is 0 Å². The van der Waals surface area contributed by atoms with Crippen LogP contribution in [0.4, 0.5) is 0 Å². The topological polar surface area (TPSA) is 39.4 Å². The maximum absolute atomic E-state index is 6.83. The number of thioether (sulfide) groups is 1. The van der Waals surface area contributed by atoms with Crippen molar-refractivity contribution in [3.63, 3.8) is 0 Å². The molecular formula is C46H26O3S. The number of benzene rings is 8. The molecule has 3 aromatic heterocycles. The lowest BCUT2D eigenvalue weighted by Crippen LogP contribution is -1.91. The van der Waals surface area contributed by atoms with Gasteiger partial charge in [-0.15, -0.1) is 11.8 Å². The molecule has 1 aliphatic heterocycles. The van der Waals surface area contributed by atoms with E-state index in [1.807, 2.05) is 36.0 Å². The predicted molar refractivity (Wildman–Crippen MR) is 209 cm³/mol. The van der Waals surface area contributed by atoms with Gasteiger partial charge in [0.15, 0.2) is 0 Å². The van der Waals surface area contributed by atoms with Gasteiger partial charge in [0.2, 0.25) is 0 Å². The van der Waals surface area contributed by atoms with E-state index in [4.69, 9.17) is 13.3 Å². The van der Waals surface area contributed by atoms with Crippen LogP contribution in [-0.2, 0) is 6.42 Å². The fourth-order valence-electron chi connectivity index (χ4n) is 8.75. The van der Waals surface area contributed by atoms with Gasteiger partial charge in [0.25, 0.3) is 0 Å². The van der Waals surface area contributed by atoms with Crippen LogP contribution < -0.4 is 0 Å². The Hall–Kier alpha value is -5.97. The second-order valence-corrected chi connectivity index (χ2v) is 14.5. The van der Waals surface area contributed by atoms with Gasteiger partial charge in [0, 0.05) is 54.1 Å². The number of para-hydroxylation sites is 2. The standard InChI is InChI=1S/C46H26O3S/c1-3-10-28-26(8-1)41(25-16-17-31-39(24-25)48-36-20-21-40-32(43(31)36)22-23-50-40)27-9-2-4-11-29(27)42(28)33-13-7-14-34-45-38(49-46(33)34)19-18-37-44(45)30-12-5-6-15-35(30)47-37/h1-21,24H,22-23H2. The van der Waals surface area contributed by atoms with Crippen molar-refractivity contribution in [2.45, 2.75) is 11.3 Å². The summed E-state index contributed by atoms with van der Waals surface area (Å²) >= 11 is 1.95. The van der Waals surface area contributed by atoms with Crippen molar-refractivity contribution in [2.24, 2.45) is 0 Å². The van der Waals surface area contributed by atoms with Crippen LogP contribution in [0.5, 0.6) is 0 Å². The van der Waals surface area contributed by atoms with Crippen LogP contribution in [0.15, 0.2) is 152 Å². The van der Waals surface area contributed by atoms with E-state index in [2.05, 4.69) is 109 Å². The first kappa shape index (κ1) is 26.9. The number of rotatable bonds is 2. The number of aryl methyl sites for hydroxylation is 1. The van der Waals surface area contributed by atoms with Crippen molar-refractivity contribution in [3.05, 3.63) is 139 Å². The average molecular weight is 659 g/mol. The van der Waals surface area contributed by atoms with E-state index in [1.54, 1.807) is 0 Å². The molecule has 0 amide bonds. The Morgan fingerprint density at radius 3 is 1.82 bits per heavy atom. The molecule has 0 aliphatic carbocycles. The Kier molecular flexibility index (Phi) is 5.28. The van der Waals surface area contributed by atoms with Gasteiger partial charge >= 0.3 is 0 Å². The van der Waals surface area contributed by atoms with Crippen molar-refractivity contribution in [2.75, 3.05) is 5.75 Å². The van der Waals surface area contributed by atoms with Gasteiger partial charge < -0.3 is 13.3 Å². The van der Waals surface area contributed by atoms with E-state index in [-0.39, 0.29) is 0 Å². The molecule has 0 N–H and O–H groups in total. The van der Waals surface area contributed by atoms with E-state index in [9.17, 15) is 0 Å². The summed E-state index contributed by atoms with van der Waals surface area (Å²) < 4.78 is 19.7. The third-order valence-corrected chi connectivity index (χ3v) is 11.9. The minimum absolute atomic E-state index is 0.861. The smallest absolute Gasteiger partial charge is 0.143 e. The van der Waals surface area contributed by atoms with Gasteiger partial charge in [0.1, 0.15) is 33.5 Å². The molecule has 4 heterocycles. The molecule has 0 saturated heterocycles. The first-order valence-corrected chi connectivity index (χ1v) is 18.1. The molecule has 0 radical (unpaired) electrons. The second kappa shape index (κ2) is 9.81. The lowest BCUT2D eigenvalue weighted by atomic mass is 9.85. The zero-order chi connectivity index (χ0) is 32.5. The van der Waals surface area contributed by atoms with E-state index >= 15 is 0 Å². The first-order valence-electron chi connectivity index (χ1n) is 17.1. The Balaban J connectivity index is 1.15. The van der Waals surface area contributed by atoms with E-state index < -0.39 is 0 Å². The van der Waals surface area contributed by atoms with Gasteiger partial charge in [-0.3, -0.25) is 0 Å². The molecule has 0 unspecified atom stereocenters. The predicted octanol–water partition coefficient (Wildman–Crippen LogP) is 13.7. The molecule has 3 nitrogen and oxygen atoms in total. The lowest BCUT2D eigenvalue weighted by molar-refractivity contribution is 0.663. The molecule has 0 bridgehead atoms. The summed E-state index contributed by atoms with van der Waals surface area (Å²) in [6, 6.07) is 47.7. The van der Waals surface area contributed by atoms with E-state index in [0.29, 0.717) is 0 Å². The number of furan rings is 3. The first-order chi connectivity index (χ1) is 24.8. The Bertz CT molecular complexity index is 3190. The van der Waals surface area contributed by atoms with E-state index in [1.165, 1.54) is 53.9 Å². The molecule has 11 aromatic rings. The minimum atomic E-state index is 0.861. The summed E-state index contributed by atoms with van der Waals surface area (Å²) in [5.41, 5.74) is 11.5. The number of hydrogen-bond donors (Lipinski definition) is 0. The zero-order valence-electron chi connectivity index (χ0n) is 26.7. The summed E-state index contributed by atoms with van der Waals surface area (Å²) in [5, 5.41) is 11.6. The van der Waals surface area contributed by atoms with Crippen LogP contribution in [0, 0.1) is 0 Å². The summed E-state index contributed by atoms with van der Waals surface area (Å²) in [6.45, 7) is 0. The Labute approximate surface area is 289 Å². The maximum Gasteiger partial charge on any atom is 0.143 e. The molecule has 234 valence electrons. The lowest BCUT2D eigenvalue weighted by Gasteiger charge is -2.17. The van der Waals surface area contributed by atoms with Crippen molar-refractivity contribution < 1.29 is 13.3 Å². The molecule has 8 aromatic carbocycles. The second-order valence-electron chi connectivity index (χ2n) is 13.4. The largest absolute Gasteiger partial charge is 0.456 e. The van der Waals surface area contributed by atoms with Gasteiger partial charge in [-0.25, -0.2) is 0 Å². The van der Waals surface area contributed by atoms with Gasteiger partial charge in [-0.05, 0) is 87.1 Å². The third-order valence-electron chi connectivity index (χ3n) is 10.8. The molecule has 0 spiro atoms. The van der Waals surface area contributed by atoms with E-state index in [0.717, 1.165) is 78.3 Å². The molecule has 0 fully saturated rings. The van der Waals surface area contributed by atoms with Crippen molar-refractivity contribution in [1.82, 2.24) is 0 Å². The maximum atomic E-state index is 6.83. The van der Waals surface area contributed by atoms with Crippen molar-refractivity contribution in [1.29, 1.82) is 0 Å². The van der Waals surface area contributed by atoms with Crippen molar-refractivity contribution >= 4 is 99.1 Å². The van der Waals surface area contributed by atoms with Crippen LogP contribution in [0.1, 0.15) is 5.56 Å². The Morgan fingerprint density at radius 1 is 0.420 bits per heavy atom. The fraction of sp³-hybridized carbons (Fsp3) is 0.0435. The number of hydrogen-bond acceptors (Lipinski definition) is 4. The van der Waals surface area contributed by atoms with Crippen LogP contribution in [0.2, 0.25) is 0 Å². The molecule has 0 saturated carbocycles.